The Bertz CT molecular complexity index is 450. The molecule has 1 atom stereocenters. The summed E-state index contributed by atoms with van der Waals surface area (Å²) in [6.45, 7) is 2.28. The van der Waals surface area contributed by atoms with Crippen LogP contribution in [0.25, 0.3) is 0 Å². The molecule has 90 valence electrons. The average molecular weight is 236 g/mol. The van der Waals surface area contributed by atoms with Crippen molar-refractivity contribution in [2.24, 2.45) is 0 Å². The van der Waals surface area contributed by atoms with Crippen LogP contribution in [-0.4, -0.2) is 41.3 Å². The van der Waals surface area contributed by atoms with E-state index in [4.69, 9.17) is 0 Å². The van der Waals surface area contributed by atoms with Gasteiger partial charge in [0.15, 0.2) is 5.82 Å². The molecule has 2 heterocycles. The monoisotopic (exact) mass is 236 g/mol. The fourth-order valence-corrected chi connectivity index (χ4v) is 1.30. The summed E-state index contributed by atoms with van der Waals surface area (Å²) in [5.74, 6) is 0.358. The number of carbonyl (C=O) groups excluding carboxylic acids is 1. The first-order chi connectivity index (χ1) is 8.25. The molecule has 0 fully saturated rings. The highest BCUT2D eigenvalue weighted by atomic mass is 16.1. The summed E-state index contributed by atoms with van der Waals surface area (Å²) in [6.07, 6.45) is 3.32. The molecule has 0 saturated heterocycles. The smallest absolute Gasteiger partial charge is 0.222 e. The summed E-state index contributed by atoms with van der Waals surface area (Å²) < 4.78 is 1.60. The number of amides is 1. The molecule has 1 amide bonds. The van der Waals surface area contributed by atoms with E-state index in [2.05, 4.69) is 36.0 Å². The topological polar surface area (TPSA) is 114 Å². The van der Waals surface area contributed by atoms with E-state index in [-0.39, 0.29) is 11.9 Å². The molecule has 0 aliphatic heterocycles. The third-order valence-corrected chi connectivity index (χ3v) is 2.16. The van der Waals surface area contributed by atoms with Crippen LogP contribution in [0.1, 0.15) is 25.2 Å². The lowest BCUT2D eigenvalue weighted by molar-refractivity contribution is -0.122. The zero-order chi connectivity index (χ0) is 12.1. The van der Waals surface area contributed by atoms with Crippen molar-refractivity contribution in [3.8, 4) is 0 Å². The van der Waals surface area contributed by atoms with E-state index in [0.717, 1.165) is 0 Å². The number of hydrogen-bond donors (Lipinski definition) is 2. The van der Waals surface area contributed by atoms with Crippen LogP contribution in [0.4, 0.5) is 0 Å². The summed E-state index contributed by atoms with van der Waals surface area (Å²) in [6, 6.07) is -0.267. The van der Waals surface area contributed by atoms with Crippen molar-refractivity contribution in [1.82, 2.24) is 40.7 Å². The summed E-state index contributed by atoms with van der Waals surface area (Å²) in [5, 5.41) is 20.0. The fraction of sp³-hybridized carbons (Fsp3) is 0.500. The van der Waals surface area contributed by atoms with Gasteiger partial charge in [0.05, 0.1) is 12.6 Å². The third kappa shape index (κ3) is 3.06. The SMILES string of the molecule is CC(NC(=O)CCn1cncn1)c1nn[nH]n1. The zero-order valence-corrected chi connectivity index (χ0v) is 9.24. The molecule has 0 radical (unpaired) electrons. The minimum absolute atomic E-state index is 0.0993. The second-order valence-electron chi connectivity index (χ2n) is 3.47. The van der Waals surface area contributed by atoms with Gasteiger partial charge in [0.2, 0.25) is 5.91 Å². The zero-order valence-electron chi connectivity index (χ0n) is 9.24. The van der Waals surface area contributed by atoms with Crippen LogP contribution in [0.5, 0.6) is 0 Å². The molecular weight excluding hydrogens is 224 g/mol. The highest BCUT2D eigenvalue weighted by Gasteiger charge is 2.13. The summed E-state index contributed by atoms with van der Waals surface area (Å²) in [5.41, 5.74) is 0. The number of aromatic amines is 1. The van der Waals surface area contributed by atoms with Crippen LogP contribution < -0.4 is 5.32 Å². The maximum absolute atomic E-state index is 11.6. The van der Waals surface area contributed by atoms with E-state index >= 15 is 0 Å². The van der Waals surface area contributed by atoms with E-state index in [1.54, 1.807) is 17.9 Å². The lowest BCUT2D eigenvalue weighted by Crippen LogP contribution is -2.28. The van der Waals surface area contributed by atoms with Crippen molar-refractivity contribution in [1.29, 1.82) is 0 Å². The largest absolute Gasteiger partial charge is 0.346 e. The van der Waals surface area contributed by atoms with Crippen molar-refractivity contribution in [3.63, 3.8) is 0 Å². The first kappa shape index (κ1) is 11.2. The first-order valence-electron chi connectivity index (χ1n) is 5.11. The van der Waals surface area contributed by atoms with Crippen LogP contribution in [0.2, 0.25) is 0 Å². The average Bonchev–Trinajstić information content (AvgIpc) is 2.99. The van der Waals surface area contributed by atoms with Gasteiger partial charge in [0.1, 0.15) is 12.7 Å². The van der Waals surface area contributed by atoms with E-state index in [0.29, 0.717) is 18.8 Å². The van der Waals surface area contributed by atoms with Gasteiger partial charge < -0.3 is 5.32 Å². The number of aromatic nitrogens is 7. The van der Waals surface area contributed by atoms with Crippen LogP contribution in [0, 0.1) is 0 Å². The quantitative estimate of drug-likeness (QED) is 0.692. The Morgan fingerprint density at radius 3 is 3.18 bits per heavy atom. The fourth-order valence-electron chi connectivity index (χ4n) is 1.30. The van der Waals surface area contributed by atoms with Gasteiger partial charge in [-0.15, -0.1) is 10.2 Å². The molecule has 9 nitrogen and oxygen atoms in total. The van der Waals surface area contributed by atoms with E-state index < -0.39 is 0 Å². The molecule has 0 spiro atoms. The van der Waals surface area contributed by atoms with Gasteiger partial charge >= 0.3 is 0 Å². The Labute approximate surface area is 96.6 Å². The minimum atomic E-state index is -0.267. The molecule has 0 saturated carbocycles. The highest BCUT2D eigenvalue weighted by Crippen LogP contribution is 2.03. The van der Waals surface area contributed by atoms with Gasteiger partial charge in [-0.25, -0.2) is 4.98 Å². The summed E-state index contributed by atoms with van der Waals surface area (Å²) >= 11 is 0. The second-order valence-corrected chi connectivity index (χ2v) is 3.47. The summed E-state index contributed by atoms with van der Waals surface area (Å²) in [4.78, 5) is 15.4. The summed E-state index contributed by atoms with van der Waals surface area (Å²) in [7, 11) is 0. The van der Waals surface area contributed by atoms with Gasteiger partial charge in [-0.3, -0.25) is 9.48 Å². The van der Waals surface area contributed by atoms with Crippen LogP contribution in [-0.2, 0) is 11.3 Å². The number of tetrazole rings is 1. The predicted octanol–water partition coefficient (Wildman–Crippen LogP) is -0.941. The van der Waals surface area contributed by atoms with Crippen molar-refractivity contribution in [2.75, 3.05) is 0 Å². The number of rotatable bonds is 5. The molecule has 0 aliphatic carbocycles. The maximum Gasteiger partial charge on any atom is 0.222 e. The van der Waals surface area contributed by atoms with Gasteiger partial charge in [-0.2, -0.15) is 10.3 Å². The number of H-pyrrole nitrogens is 1. The van der Waals surface area contributed by atoms with Gasteiger partial charge in [-0.1, -0.05) is 5.21 Å². The molecule has 0 bridgehead atoms. The third-order valence-electron chi connectivity index (χ3n) is 2.16. The predicted molar refractivity (Wildman–Crippen MR) is 55.4 cm³/mol. The van der Waals surface area contributed by atoms with Gasteiger partial charge in [0, 0.05) is 6.42 Å². The van der Waals surface area contributed by atoms with Gasteiger partial charge in [-0.05, 0) is 6.92 Å². The number of carbonyl (C=O) groups is 1. The van der Waals surface area contributed by atoms with Crippen molar-refractivity contribution in [3.05, 3.63) is 18.5 Å². The molecule has 2 aromatic heterocycles. The number of hydrogen-bond acceptors (Lipinski definition) is 6. The Morgan fingerprint density at radius 2 is 2.53 bits per heavy atom. The van der Waals surface area contributed by atoms with Crippen molar-refractivity contribution >= 4 is 5.91 Å². The Kier molecular flexibility index (Phi) is 3.38. The number of nitrogens with zero attached hydrogens (tertiary/aromatic N) is 6. The molecule has 2 rings (SSSR count). The Hall–Kier alpha value is -2.32. The molecule has 2 N–H and O–H groups in total. The molecular formula is C8H12N8O. The lowest BCUT2D eigenvalue weighted by Gasteiger charge is -2.09. The van der Waals surface area contributed by atoms with E-state index in [1.807, 2.05) is 0 Å². The van der Waals surface area contributed by atoms with Crippen molar-refractivity contribution < 1.29 is 4.79 Å². The second kappa shape index (κ2) is 5.14. The normalized spacial score (nSPS) is 12.3. The van der Waals surface area contributed by atoms with Crippen LogP contribution >= 0.6 is 0 Å². The molecule has 0 aliphatic rings. The molecule has 1 unspecified atom stereocenters. The minimum Gasteiger partial charge on any atom is -0.346 e. The number of aryl methyl sites for hydroxylation is 1. The molecule has 9 heteroatoms. The molecule has 0 aromatic carbocycles. The Balaban J connectivity index is 1.77. The van der Waals surface area contributed by atoms with Crippen LogP contribution in [0.3, 0.4) is 0 Å². The van der Waals surface area contributed by atoms with Gasteiger partial charge in [0.25, 0.3) is 0 Å². The Morgan fingerprint density at radius 1 is 1.65 bits per heavy atom. The highest BCUT2D eigenvalue weighted by molar-refractivity contribution is 5.76. The molecule has 17 heavy (non-hydrogen) atoms. The molecule has 2 aromatic rings. The maximum atomic E-state index is 11.6. The number of nitrogens with one attached hydrogen (secondary N) is 2. The lowest BCUT2D eigenvalue weighted by atomic mass is 10.3. The standard InChI is InChI=1S/C8H12N8O/c1-6(8-12-14-15-13-8)11-7(17)2-3-16-5-9-4-10-16/h4-6H,2-3H2,1H3,(H,11,17)(H,12,13,14,15). The van der Waals surface area contributed by atoms with E-state index in [1.165, 1.54) is 6.33 Å². The van der Waals surface area contributed by atoms with E-state index in [9.17, 15) is 4.79 Å². The van der Waals surface area contributed by atoms with Crippen molar-refractivity contribution in [2.45, 2.75) is 25.9 Å². The van der Waals surface area contributed by atoms with Crippen LogP contribution in [0.15, 0.2) is 12.7 Å². The first-order valence-corrected chi connectivity index (χ1v) is 5.11.